The molecule has 7 heteroatoms. The fraction of sp³-hybridized carbons (Fsp3) is 0.444. The first-order valence-electron chi connectivity index (χ1n) is 8.34. The minimum absolute atomic E-state index is 0.224. The van der Waals surface area contributed by atoms with Crippen molar-refractivity contribution in [3.8, 4) is 0 Å². The molecule has 6 nitrogen and oxygen atoms in total. The lowest BCUT2D eigenvalue weighted by molar-refractivity contribution is -0.548. The second-order valence-electron chi connectivity index (χ2n) is 6.71. The van der Waals surface area contributed by atoms with Gasteiger partial charge in [0.2, 0.25) is 0 Å². The number of hydrogen-bond acceptors (Lipinski definition) is 4. The molecule has 1 aromatic carbocycles. The van der Waals surface area contributed by atoms with Gasteiger partial charge in [-0.25, -0.2) is 9.37 Å². The number of carbonyl (C=O) groups is 2. The van der Waals surface area contributed by atoms with Gasteiger partial charge >= 0.3 is 11.2 Å². The summed E-state index contributed by atoms with van der Waals surface area (Å²) in [6.45, 7) is 4.89. The molecular weight excluding hydrogens is 336 g/mol. The van der Waals surface area contributed by atoms with E-state index in [1.165, 1.54) is 16.8 Å². The zero-order valence-corrected chi connectivity index (χ0v) is 15.8. The van der Waals surface area contributed by atoms with E-state index in [1.807, 2.05) is 34.9 Å². The Labute approximate surface area is 152 Å². The van der Waals surface area contributed by atoms with E-state index in [0.717, 1.165) is 16.5 Å². The summed E-state index contributed by atoms with van der Waals surface area (Å²) in [5.41, 5.74) is 1.11. The van der Waals surface area contributed by atoms with E-state index < -0.39 is 6.04 Å². The second-order valence-corrected chi connectivity index (χ2v) is 7.70. The van der Waals surface area contributed by atoms with Gasteiger partial charge in [0, 0.05) is 19.8 Å². The summed E-state index contributed by atoms with van der Waals surface area (Å²) in [5.74, 6) is 1.72. The standard InChI is InChI=1S/C18H23N4O2S/c1-12(2)11-25-17-19-15-14(16(23)21(4)18(24)20(15)3)22(17)10-13-8-6-5-7-9-13/h5-9,12,14H,10-11H2,1-4H3/q+1. The maximum absolute atomic E-state index is 12.8. The molecule has 0 bridgehead atoms. The van der Waals surface area contributed by atoms with Crippen LogP contribution in [0, 0.1) is 5.92 Å². The average Bonchev–Trinajstić information content (AvgIpc) is 2.95. The van der Waals surface area contributed by atoms with Gasteiger partial charge in [0.1, 0.15) is 6.54 Å². The van der Waals surface area contributed by atoms with E-state index in [1.54, 1.807) is 18.8 Å². The Morgan fingerprint density at radius 2 is 1.84 bits per heavy atom. The highest BCUT2D eigenvalue weighted by Gasteiger charge is 2.53. The Morgan fingerprint density at radius 3 is 2.48 bits per heavy atom. The average molecular weight is 359 g/mol. The number of imide groups is 1. The van der Waals surface area contributed by atoms with E-state index in [2.05, 4.69) is 18.8 Å². The number of thioether (sulfide) groups is 1. The summed E-state index contributed by atoms with van der Waals surface area (Å²) in [4.78, 5) is 32.3. The van der Waals surface area contributed by atoms with Crippen molar-refractivity contribution < 1.29 is 14.2 Å². The van der Waals surface area contributed by atoms with Crippen molar-refractivity contribution in [2.45, 2.75) is 26.4 Å². The first-order valence-corrected chi connectivity index (χ1v) is 9.33. The predicted octanol–water partition coefficient (Wildman–Crippen LogP) is 2.25. The van der Waals surface area contributed by atoms with E-state index >= 15 is 0 Å². The third-order valence-corrected chi connectivity index (χ3v) is 5.65. The van der Waals surface area contributed by atoms with Gasteiger partial charge in [-0.2, -0.15) is 0 Å². The van der Waals surface area contributed by atoms with Crippen molar-refractivity contribution in [2.75, 3.05) is 19.8 Å². The summed E-state index contributed by atoms with van der Waals surface area (Å²) in [7, 11) is 3.20. The van der Waals surface area contributed by atoms with Crippen LogP contribution in [0.3, 0.4) is 0 Å². The van der Waals surface area contributed by atoms with Gasteiger partial charge < -0.3 is 0 Å². The monoisotopic (exact) mass is 359 g/mol. The molecule has 2 heterocycles. The fourth-order valence-corrected chi connectivity index (χ4v) is 3.85. The van der Waals surface area contributed by atoms with Gasteiger partial charge in [-0.15, -0.1) is 0 Å². The summed E-state index contributed by atoms with van der Waals surface area (Å²) >= 11 is 1.64. The molecule has 0 radical (unpaired) electrons. The number of amides is 3. The minimum Gasteiger partial charge on any atom is -0.269 e. The predicted molar refractivity (Wildman–Crippen MR) is 99.9 cm³/mol. The van der Waals surface area contributed by atoms with E-state index in [0.29, 0.717) is 18.3 Å². The van der Waals surface area contributed by atoms with Crippen LogP contribution in [0.15, 0.2) is 35.3 Å². The number of carbonyl (C=O) groups excluding carboxylic acids is 2. The van der Waals surface area contributed by atoms with Crippen molar-refractivity contribution in [1.82, 2.24) is 9.80 Å². The molecule has 3 amide bonds. The van der Waals surface area contributed by atoms with Gasteiger partial charge in [0.05, 0.1) is 0 Å². The summed E-state index contributed by atoms with van der Waals surface area (Å²) in [6, 6.07) is 9.14. The van der Waals surface area contributed by atoms with E-state index in [9.17, 15) is 9.59 Å². The van der Waals surface area contributed by atoms with Gasteiger partial charge in [-0.05, 0) is 28.2 Å². The molecule has 1 unspecified atom stereocenters. The highest BCUT2D eigenvalue weighted by atomic mass is 32.2. The molecule has 1 fully saturated rings. The van der Waals surface area contributed by atoms with Crippen molar-refractivity contribution in [3.05, 3.63) is 35.9 Å². The number of hydrogen-bond donors (Lipinski definition) is 0. The zero-order chi connectivity index (χ0) is 18.1. The summed E-state index contributed by atoms with van der Waals surface area (Å²) < 4.78 is 2.01. The van der Waals surface area contributed by atoms with Crippen LogP contribution in [0.5, 0.6) is 0 Å². The van der Waals surface area contributed by atoms with Crippen LogP contribution in [0.1, 0.15) is 19.4 Å². The molecule has 1 saturated heterocycles. The Balaban J connectivity index is 1.98. The van der Waals surface area contributed by atoms with Crippen molar-refractivity contribution >= 4 is 34.7 Å². The third kappa shape index (κ3) is 3.33. The van der Waals surface area contributed by atoms with Crippen LogP contribution in [-0.2, 0) is 11.3 Å². The normalized spacial score (nSPS) is 20.5. The van der Waals surface area contributed by atoms with Gasteiger partial charge in [0.15, 0.2) is 0 Å². The highest BCUT2D eigenvalue weighted by molar-refractivity contribution is 8.13. The topological polar surface area (TPSA) is 56.0 Å². The van der Waals surface area contributed by atoms with E-state index in [4.69, 9.17) is 0 Å². The Hall–Kier alpha value is -2.15. The smallest absolute Gasteiger partial charge is 0.269 e. The van der Waals surface area contributed by atoms with Crippen LogP contribution in [0.25, 0.3) is 0 Å². The highest BCUT2D eigenvalue weighted by Crippen LogP contribution is 2.25. The quantitative estimate of drug-likeness (QED) is 0.775. The number of nitrogens with zero attached hydrogens (tertiary/aromatic N) is 4. The number of benzene rings is 1. The Morgan fingerprint density at radius 1 is 1.16 bits per heavy atom. The molecule has 2 aliphatic heterocycles. The summed E-state index contributed by atoms with van der Waals surface area (Å²) in [5, 5.41) is 0.806. The second kappa shape index (κ2) is 7.00. The molecular formula is C18H23N4O2S+. The van der Waals surface area contributed by atoms with Crippen LogP contribution in [0.2, 0.25) is 0 Å². The lowest BCUT2D eigenvalue weighted by Gasteiger charge is -2.30. The van der Waals surface area contributed by atoms with Gasteiger partial charge in [-0.1, -0.05) is 44.2 Å². The van der Waals surface area contributed by atoms with Gasteiger partial charge in [-0.3, -0.25) is 14.6 Å². The largest absolute Gasteiger partial charge is 0.358 e. The number of fused-ring (bicyclic) bond motifs is 1. The number of likely N-dealkylation sites (N-methyl/N-ethyl adjacent to an activating group) is 2. The number of amidine groups is 2. The van der Waals surface area contributed by atoms with Crippen LogP contribution in [-0.4, -0.2) is 63.2 Å². The number of rotatable bonds is 4. The lowest BCUT2D eigenvalue weighted by atomic mass is 10.1. The van der Waals surface area contributed by atoms with Crippen molar-refractivity contribution in [1.29, 1.82) is 0 Å². The molecule has 0 spiro atoms. The molecule has 0 aromatic heterocycles. The first-order chi connectivity index (χ1) is 11.9. The Bertz CT molecular complexity index is 758. The Kier molecular flexibility index (Phi) is 4.94. The van der Waals surface area contributed by atoms with Crippen LogP contribution < -0.4 is 0 Å². The first kappa shape index (κ1) is 17.7. The fourth-order valence-electron chi connectivity index (χ4n) is 2.87. The van der Waals surface area contributed by atoms with E-state index in [-0.39, 0.29) is 11.9 Å². The maximum atomic E-state index is 12.8. The lowest BCUT2D eigenvalue weighted by Crippen LogP contribution is -2.61. The third-order valence-electron chi connectivity index (χ3n) is 4.24. The molecule has 2 aliphatic rings. The van der Waals surface area contributed by atoms with Crippen molar-refractivity contribution in [2.24, 2.45) is 10.9 Å². The van der Waals surface area contributed by atoms with Crippen molar-refractivity contribution in [3.63, 3.8) is 0 Å². The molecule has 132 valence electrons. The molecule has 0 N–H and O–H groups in total. The maximum Gasteiger partial charge on any atom is 0.358 e. The molecule has 1 aromatic rings. The van der Waals surface area contributed by atoms with Crippen LogP contribution >= 0.6 is 11.8 Å². The minimum atomic E-state index is -0.539. The number of urea groups is 1. The summed E-state index contributed by atoms with van der Waals surface area (Å²) in [6.07, 6.45) is 0. The molecule has 0 saturated carbocycles. The molecule has 1 atom stereocenters. The SMILES string of the molecule is CC(C)CSC1=[N+](Cc2ccccc2)C2C(=O)N(C)C(=O)N(C)C2=N1. The number of aliphatic imine (C=N–C) groups is 1. The molecule has 25 heavy (non-hydrogen) atoms. The van der Waals surface area contributed by atoms with Gasteiger partial charge in [0.25, 0.3) is 17.8 Å². The zero-order valence-electron chi connectivity index (χ0n) is 15.0. The molecule has 0 aliphatic carbocycles. The molecule has 3 rings (SSSR count). The van der Waals surface area contributed by atoms with Crippen LogP contribution in [0.4, 0.5) is 4.79 Å².